The highest BCUT2D eigenvalue weighted by Gasteiger charge is 2.18. The maximum Gasteiger partial charge on any atom is 0.329 e. The second kappa shape index (κ2) is 7.93. The molecule has 1 fully saturated rings. The van der Waals surface area contributed by atoms with E-state index in [1.807, 2.05) is 35.5 Å². The summed E-state index contributed by atoms with van der Waals surface area (Å²) in [6.45, 7) is 12.1. The lowest BCUT2D eigenvalue weighted by Crippen LogP contribution is -2.39. The van der Waals surface area contributed by atoms with Gasteiger partial charge in [0.2, 0.25) is 0 Å². The zero-order chi connectivity index (χ0) is 19.7. The van der Waals surface area contributed by atoms with Crippen molar-refractivity contribution in [2.75, 3.05) is 32.8 Å². The average molecular weight is 383 g/mol. The van der Waals surface area contributed by atoms with Gasteiger partial charge in [0, 0.05) is 44.3 Å². The van der Waals surface area contributed by atoms with Crippen molar-refractivity contribution in [3.63, 3.8) is 0 Å². The minimum Gasteiger partial charge on any atom is -0.379 e. The molecule has 0 amide bonds. The molecule has 0 saturated carbocycles. The molecular weight excluding hydrogens is 354 g/mol. The van der Waals surface area contributed by atoms with Gasteiger partial charge in [0.05, 0.1) is 42.5 Å². The van der Waals surface area contributed by atoms with E-state index in [1.54, 1.807) is 0 Å². The molecule has 1 aliphatic heterocycles. The normalized spacial score (nSPS) is 16.7. The van der Waals surface area contributed by atoms with Gasteiger partial charge < -0.3 is 9.30 Å². The van der Waals surface area contributed by atoms with Crippen molar-refractivity contribution in [1.82, 2.24) is 23.6 Å². The Morgan fingerprint density at radius 3 is 2.54 bits per heavy atom. The molecule has 3 aromatic rings. The van der Waals surface area contributed by atoms with Crippen LogP contribution in [-0.2, 0) is 17.8 Å². The molecule has 1 aromatic carbocycles. The number of morpholine rings is 1. The van der Waals surface area contributed by atoms with Crippen LogP contribution in [0.25, 0.3) is 22.3 Å². The molecule has 0 N–H and O–H groups in total. The van der Waals surface area contributed by atoms with Crippen LogP contribution in [-0.4, -0.2) is 56.4 Å². The molecule has 28 heavy (non-hydrogen) atoms. The van der Waals surface area contributed by atoms with Crippen LogP contribution >= 0.6 is 0 Å². The minimum absolute atomic E-state index is 0.0614. The Bertz CT molecular complexity index is 1010. The number of ether oxygens (including phenoxy) is 1. The number of hydrogen-bond acceptors (Lipinski definition) is 4. The fourth-order valence-corrected chi connectivity index (χ4v) is 4.22. The molecule has 1 atom stereocenters. The van der Waals surface area contributed by atoms with Crippen molar-refractivity contribution in [3.8, 4) is 11.3 Å². The number of benzene rings is 1. The monoisotopic (exact) mass is 383 g/mol. The summed E-state index contributed by atoms with van der Waals surface area (Å²) in [5.41, 5.74) is 4.22. The average Bonchev–Trinajstić information content (AvgIpc) is 3.30. The lowest BCUT2D eigenvalue weighted by Gasteiger charge is -2.30. The lowest BCUT2D eigenvalue weighted by atomic mass is 10.1. The Labute approximate surface area is 165 Å². The Morgan fingerprint density at radius 1 is 1.11 bits per heavy atom. The van der Waals surface area contributed by atoms with Gasteiger partial charge in [0.1, 0.15) is 0 Å². The predicted molar refractivity (Wildman–Crippen MR) is 111 cm³/mol. The molecular formula is C21H29N5O2. The molecule has 1 saturated heterocycles. The van der Waals surface area contributed by atoms with Crippen LogP contribution in [0.4, 0.5) is 0 Å². The van der Waals surface area contributed by atoms with Crippen LogP contribution in [0, 0.1) is 0 Å². The van der Waals surface area contributed by atoms with Crippen LogP contribution in [0.3, 0.4) is 0 Å². The highest BCUT2D eigenvalue weighted by molar-refractivity contribution is 5.82. The molecule has 2 aromatic heterocycles. The van der Waals surface area contributed by atoms with Crippen molar-refractivity contribution in [1.29, 1.82) is 0 Å². The van der Waals surface area contributed by atoms with Gasteiger partial charge in [-0.15, -0.1) is 0 Å². The second-order valence-electron chi connectivity index (χ2n) is 7.42. The molecule has 0 radical (unpaired) electrons. The van der Waals surface area contributed by atoms with Crippen molar-refractivity contribution in [3.05, 3.63) is 41.2 Å². The van der Waals surface area contributed by atoms with E-state index in [0.29, 0.717) is 19.1 Å². The summed E-state index contributed by atoms with van der Waals surface area (Å²) < 4.78 is 11.4. The Balaban J connectivity index is 1.69. The molecule has 7 nitrogen and oxygen atoms in total. The zero-order valence-electron chi connectivity index (χ0n) is 17.0. The van der Waals surface area contributed by atoms with Gasteiger partial charge in [-0.1, -0.05) is 6.07 Å². The number of fused-ring (bicyclic) bond motifs is 1. The fraction of sp³-hybridized carbons (Fsp3) is 0.524. The molecule has 0 aliphatic carbocycles. The summed E-state index contributed by atoms with van der Waals surface area (Å²) in [4.78, 5) is 19.5. The zero-order valence-corrected chi connectivity index (χ0v) is 17.0. The van der Waals surface area contributed by atoms with E-state index in [0.717, 1.165) is 55.1 Å². The number of hydrogen-bond donors (Lipinski definition) is 0. The fourth-order valence-electron chi connectivity index (χ4n) is 4.22. The van der Waals surface area contributed by atoms with Gasteiger partial charge in [-0.05, 0) is 32.9 Å². The SMILES string of the molecule is CCn1c(=O)n(CC)c2cc(-c3cncn3[C@@H](C)CN3CCOCC3)ccc21. The number of imidazole rings is 2. The summed E-state index contributed by atoms with van der Waals surface area (Å²) in [5.74, 6) is 0. The standard InChI is InChI=1S/C21H29N5O2/c1-4-24-18-7-6-17(12-19(18)25(5-2)21(24)27)20-13-22-15-26(20)16(3)14-23-8-10-28-11-9-23/h6-7,12-13,15-16H,4-5,8-11,14H2,1-3H3/t16-/m0/s1. The Hall–Kier alpha value is -2.38. The van der Waals surface area contributed by atoms with Gasteiger partial charge in [-0.2, -0.15) is 0 Å². The first-order valence-electron chi connectivity index (χ1n) is 10.2. The third-order valence-electron chi connectivity index (χ3n) is 5.71. The molecule has 4 rings (SSSR count). The highest BCUT2D eigenvalue weighted by Crippen LogP contribution is 2.26. The summed E-state index contributed by atoms with van der Waals surface area (Å²) >= 11 is 0. The van der Waals surface area contributed by atoms with Crippen molar-refractivity contribution >= 4 is 11.0 Å². The second-order valence-corrected chi connectivity index (χ2v) is 7.42. The summed E-state index contributed by atoms with van der Waals surface area (Å²) in [7, 11) is 0. The van der Waals surface area contributed by atoms with Crippen LogP contribution in [0.2, 0.25) is 0 Å². The first-order chi connectivity index (χ1) is 13.6. The van der Waals surface area contributed by atoms with E-state index in [-0.39, 0.29) is 5.69 Å². The van der Waals surface area contributed by atoms with E-state index < -0.39 is 0 Å². The number of aryl methyl sites for hydroxylation is 2. The van der Waals surface area contributed by atoms with E-state index in [2.05, 4.69) is 39.6 Å². The Morgan fingerprint density at radius 2 is 1.82 bits per heavy atom. The van der Waals surface area contributed by atoms with Gasteiger partial charge in [-0.25, -0.2) is 9.78 Å². The number of aromatic nitrogens is 4. The Kier molecular flexibility index (Phi) is 5.37. The third kappa shape index (κ3) is 3.29. The molecule has 0 bridgehead atoms. The molecule has 0 spiro atoms. The maximum atomic E-state index is 12.6. The van der Waals surface area contributed by atoms with Gasteiger partial charge >= 0.3 is 5.69 Å². The summed E-state index contributed by atoms with van der Waals surface area (Å²) in [6, 6.07) is 6.59. The summed E-state index contributed by atoms with van der Waals surface area (Å²) in [5, 5.41) is 0. The largest absolute Gasteiger partial charge is 0.379 e. The lowest BCUT2D eigenvalue weighted by molar-refractivity contribution is 0.0326. The van der Waals surface area contributed by atoms with E-state index in [1.165, 1.54) is 0 Å². The van der Waals surface area contributed by atoms with Crippen LogP contribution in [0.5, 0.6) is 0 Å². The summed E-state index contributed by atoms with van der Waals surface area (Å²) in [6.07, 6.45) is 3.83. The van der Waals surface area contributed by atoms with Crippen LogP contribution in [0.15, 0.2) is 35.5 Å². The first-order valence-corrected chi connectivity index (χ1v) is 10.2. The van der Waals surface area contributed by atoms with Crippen molar-refractivity contribution < 1.29 is 4.74 Å². The van der Waals surface area contributed by atoms with Gasteiger partial charge in [-0.3, -0.25) is 14.0 Å². The maximum absolute atomic E-state index is 12.6. The molecule has 1 aliphatic rings. The topological polar surface area (TPSA) is 57.2 Å². The minimum atomic E-state index is 0.0614. The molecule has 0 unspecified atom stereocenters. The van der Waals surface area contributed by atoms with Crippen LogP contribution < -0.4 is 5.69 Å². The number of rotatable bonds is 6. The first kappa shape index (κ1) is 19.0. The molecule has 3 heterocycles. The van der Waals surface area contributed by atoms with Crippen molar-refractivity contribution in [2.24, 2.45) is 0 Å². The third-order valence-corrected chi connectivity index (χ3v) is 5.71. The molecule has 7 heteroatoms. The van der Waals surface area contributed by atoms with E-state index in [9.17, 15) is 4.79 Å². The van der Waals surface area contributed by atoms with Gasteiger partial charge in [0.25, 0.3) is 0 Å². The molecule has 150 valence electrons. The van der Waals surface area contributed by atoms with Crippen LogP contribution in [0.1, 0.15) is 26.8 Å². The van der Waals surface area contributed by atoms with E-state index in [4.69, 9.17) is 4.74 Å². The number of nitrogens with zero attached hydrogens (tertiary/aromatic N) is 5. The predicted octanol–water partition coefficient (Wildman–Crippen LogP) is 2.60. The van der Waals surface area contributed by atoms with E-state index >= 15 is 0 Å². The quantitative estimate of drug-likeness (QED) is 0.657. The van der Waals surface area contributed by atoms with Crippen molar-refractivity contribution in [2.45, 2.75) is 39.9 Å². The highest BCUT2D eigenvalue weighted by atomic mass is 16.5. The van der Waals surface area contributed by atoms with Gasteiger partial charge in [0.15, 0.2) is 0 Å². The smallest absolute Gasteiger partial charge is 0.329 e.